The first-order valence-corrected chi connectivity index (χ1v) is 27.3. The number of fused-ring (bicyclic) bond motifs is 6. The number of nitrogens with one attached hydrogen (secondary N) is 1. The molecule has 5 saturated carbocycles. The number of aryl methyl sites for hydroxylation is 1. The number of carbonyl (C=O) groups excluding carboxylic acids is 2. The molecule has 15 heteroatoms. The second-order valence-corrected chi connectivity index (χ2v) is 23.2. The summed E-state index contributed by atoms with van der Waals surface area (Å²) in [7, 11) is 3.79. The normalized spacial score (nSPS) is 26.4. The Bertz CT molecular complexity index is 3610. The number of methoxy groups -OCH3 is 1. The van der Waals surface area contributed by atoms with Crippen LogP contribution in [0, 0.1) is 35.5 Å². The summed E-state index contributed by atoms with van der Waals surface area (Å²) in [6.45, 7) is 4.74. The van der Waals surface area contributed by atoms with E-state index in [1.54, 1.807) is 7.11 Å². The fourth-order valence-electron chi connectivity index (χ4n) is 14.8. The second-order valence-electron chi connectivity index (χ2n) is 23.2. The summed E-state index contributed by atoms with van der Waals surface area (Å²) in [5, 5.41) is 6.08. The van der Waals surface area contributed by atoms with Gasteiger partial charge in [-0.2, -0.15) is 0 Å². The van der Waals surface area contributed by atoms with Gasteiger partial charge >= 0.3 is 0 Å². The van der Waals surface area contributed by atoms with E-state index in [2.05, 4.69) is 76.8 Å². The van der Waals surface area contributed by atoms with Crippen molar-refractivity contribution in [3.63, 3.8) is 0 Å². The Hall–Kier alpha value is -6.74. The average Bonchev–Trinajstić information content (AvgIpc) is 4.15. The lowest BCUT2D eigenvalue weighted by atomic mass is 9.53. The minimum atomic E-state index is 0.0572. The van der Waals surface area contributed by atoms with E-state index in [0.717, 1.165) is 131 Å². The Morgan fingerprint density at radius 2 is 1.42 bits per heavy atom. The maximum absolute atomic E-state index is 14.6. The minimum Gasteiger partial charge on any atom is -0.494 e. The molecular formula is C58H61N11O4. The van der Waals surface area contributed by atoms with Crippen molar-refractivity contribution in [2.24, 2.45) is 42.6 Å². The van der Waals surface area contributed by atoms with Gasteiger partial charge in [0.25, 0.3) is 11.8 Å². The summed E-state index contributed by atoms with van der Waals surface area (Å²) in [6, 6.07) is 23.6. The van der Waals surface area contributed by atoms with Crippen LogP contribution in [0.2, 0.25) is 0 Å². The van der Waals surface area contributed by atoms with E-state index in [1.165, 1.54) is 32.1 Å². The van der Waals surface area contributed by atoms with E-state index in [0.29, 0.717) is 72.3 Å². The minimum absolute atomic E-state index is 0.0572. The van der Waals surface area contributed by atoms with Gasteiger partial charge in [0.15, 0.2) is 11.6 Å². The van der Waals surface area contributed by atoms with E-state index in [1.807, 2.05) is 36.5 Å². The summed E-state index contributed by atoms with van der Waals surface area (Å²) in [6.07, 6.45) is 12.9. The zero-order valence-corrected chi connectivity index (χ0v) is 41.6. The molecule has 1 N–H and O–H groups in total. The lowest BCUT2D eigenvalue weighted by Crippen LogP contribution is -2.53. The maximum Gasteiger partial charge on any atom is 0.254 e. The van der Waals surface area contributed by atoms with Crippen LogP contribution in [-0.4, -0.2) is 111 Å². The van der Waals surface area contributed by atoms with E-state index >= 15 is 0 Å². The van der Waals surface area contributed by atoms with E-state index in [9.17, 15) is 9.59 Å². The summed E-state index contributed by atoms with van der Waals surface area (Å²) in [4.78, 5) is 54.1. The number of amides is 2. The molecule has 0 spiro atoms. The zero-order valence-electron chi connectivity index (χ0n) is 41.6. The topological polar surface area (TPSA) is 142 Å². The fraction of sp³-hybridized carbons (Fsp3) is 0.483. The van der Waals surface area contributed by atoms with Crippen molar-refractivity contribution in [2.45, 2.75) is 101 Å². The number of benzene rings is 2. The summed E-state index contributed by atoms with van der Waals surface area (Å²) in [5.41, 5.74) is 8.94. The Morgan fingerprint density at radius 3 is 2.21 bits per heavy atom. The number of aromatic nitrogens is 8. The van der Waals surface area contributed by atoms with Crippen molar-refractivity contribution in [1.29, 1.82) is 0 Å². The molecule has 2 bridgehead atoms. The Balaban J connectivity index is 0.707. The standard InChI is InChI=1S/C58H61N11O4/c1-64-43-12-9-35(21-41(43)60-55(64)46-23-33-4-3-17-59-53(33)65(46)27-31-5-6-31)57(70)67-29-36-10-13-44(67)51(36)62-49-14-11-34-24-47(66(54(34)63-49)28-32-7-8-32)56-61-42-22-38(58(71)68-30-39-20-37-25-45(68)50(37)39)26-48(72-2)52(42)69(56)40-15-18-73-19-16-40/h3-4,9,11-12,14,17,21-24,26,31-32,36-37,39-40,44-45,50-51H,5-8,10,13,15-16,18-20,25,27-30H2,1-2H3,(H,62,63)/t36-,37?,39-,44-,45-,50-,51-/m1/s1. The van der Waals surface area contributed by atoms with Gasteiger partial charge in [0, 0.05) is 86.6 Å². The first kappa shape index (κ1) is 42.7. The van der Waals surface area contributed by atoms with Crippen molar-refractivity contribution in [1.82, 2.24) is 48.0 Å². The van der Waals surface area contributed by atoms with Crippen LogP contribution in [0.4, 0.5) is 5.82 Å². The van der Waals surface area contributed by atoms with Gasteiger partial charge in [-0.3, -0.25) is 9.59 Å². The molecule has 1 unspecified atom stereocenters. The number of carbonyl (C=O) groups is 2. The number of piperidine rings is 1. The summed E-state index contributed by atoms with van der Waals surface area (Å²) >= 11 is 0. The SMILES string of the molecule is COc1cc(C(=O)N2C[C@H]3CC4C[C@@H]2[C@H]43)cc2nc(-c3cc4ccc(N[C@@H]5[C@@H]6CC[C@H]5N(C(=O)c5ccc7c(c5)nc(-c5cc8cccnc8n5CC5CC5)n7C)C6)nc4n3CC3CC3)n(C3CCOCC3)c12. The van der Waals surface area contributed by atoms with Crippen molar-refractivity contribution in [3.8, 4) is 28.8 Å². The summed E-state index contributed by atoms with van der Waals surface area (Å²) < 4.78 is 21.4. The molecule has 6 aromatic heterocycles. The van der Waals surface area contributed by atoms with Crippen LogP contribution in [0.5, 0.6) is 5.75 Å². The third-order valence-electron chi connectivity index (χ3n) is 19.0. The van der Waals surface area contributed by atoms with Gasteiger partial charge in [-0.15, -0.1) is 0 Å². The van der Waals surface area contributed by atoms with Gasteiger partial charge in [0.05, 0.1) is 47.1 Å². The quantitative estimate of drug-likeness (QED) is 0.127. The van der Waals surface area contributed by atoms with E-state index in [-0.39, 0.29) is 29.9 Å². The fourth-order valence-corrected chi connectivity index (χ4v) is 14.8. The maximum atomic E-state index is 14.6. The Labute approximate surface area is 422 Å². The molecule has 9 heterocycles. The molecule has 16 rings (SSSR count). The van der Waals surface area contributed by atoms with Crippen LogP contribution in [0.3, 0.4) is 0 Å². The molecule has 372 valence electrons. The lowest BCUT2D eigenvalue weighted by Gasteiger charge is -2.52. The molecule has 0 radical (unpaired) electrons. The highest BCUT2D eigenvalue weighted by Gasteiger charge is 2.62. The molecule has 8 aromatic rings. The molecule has 8 aliphatic rings. The number of ether oxygens (including phenoxy) is 2. The smallest absolute Gasteiger partial charge is 0.254 e. The van der Waals surface area contributed by atoms with Crippen LogP contribution in [-0.2, 0) is 24.9 Å². The van der Waals surface area contributed by atoms with Gasteiger partial charge in [-0.1, -0.05) is 0 Å². The predicted octanol–water partition coefficient (Wildman–Crippen LogP) is 9.33. The number of hydrogen-bond acceptors (Lipinski definition) is 9. The van der Waals surface area contributed by atoms with Crippen LogP contribution >= 0.6 is 0 Å². The van der Waals surface area contributed by atoms with Gasteiger partial charge < -0.3 is 42.9 Å². The molecular weight excluding hydrogens is 915 g/mol. The third kappa shape index (κ3) is 6.58. The average molecular weight is 976 g/mol. The third-order valence-corrected chi connectivity index (χ3v) is 19.0. The predicted molar refractivity (Wildman–Crippen MR) is 278 cm³/mol. The van der Waals surface area contributed by atoms with Crippen LogP contribution in [0.25, 0.3) is 67.2 Å². The highest BCUT2D eigenvalue weighted by Crippen LogP contribution is 2.61. The number of rotatable bonds is 12. The van der Waals surface area contributed by atoms with Crippen molar-refractivity contribution < 1.29 is 19.1 Å². The molecule has 3 saturated heterocycles. The number of imidazole rings is 2. The zero-order chi connectivity index (χ0) is 48.4. The first-order valence-electron chi connectivity index (χ1n) is 27.3. The highest BCUT2D eigenvalue weighted by atomic mass is 16.5. The molecule has 8 fully saturated rings. The number of likely N-dealkylation sites (tertiary alicyclic amines) is 2. The van der Waals surface area contributed by atoms with Crippen LogP contribution in [0.1, 0.15) is 91.0 Å². The number of hydrogen-bond donors (Lipinski definition) is 1. The number of nitrogens with zero attached hydrogens (tertiary/aromatic N) is 10. The van der Waals surface area contributed by atoms with Crippen molar-refractivity contribution >= 4 is 61.8 Å². The van der Waals surface area contributed by atoms with Gasteiger partial charge in [0.2, 0.25) is 0 Å². The van der Waals surface area contributed by atoms with Crippen LogP contribution in [0.15, 0.2) is 72.9 Å². The molecule has 15 nitrogen and oxygen atoms in total. The van der Waals surface area contributed by atoms with Gasteiger partial charge in [-0.05, 0) is 166 Å². The van der Waals surface area contributed by atoms with E-state index < -0.39 is 0 Å². The molecule has 2 aromatic carbocycles. The second kappa shape index (κ2) is 15.9. The monoisotopic (exact) mass is 975 g/mol. The molecule has 5 aliphatic carbocycles. The van der Waals surface area contributed by atoms with Crippen molar-refractivity contribution in [3.05, 3.63) is 84.1 Å². The Morgan fingerprint density at radius 1 is 0.699 bits per heavy atom. The number of anilines is 1. The lowest BCUT2D eigenvalue weighted by molar-refractivity contribution is -0.0204. The Kier molecular flexibility index (Phi) is 9.30. The van der Waals surface area contributed by atoms with Crippen LogP contribution < -0.4 is 10.1 Å². The number of pyridine rings is 2. The van der Waals surface area contributed by atoms with E-state index in [4.69, 9.17) is 29.4 Å². The van der Waals surface area contributed by atoms with Gasteiger partial charge in [-0.25, -0.2) is 19.9 Å². The molecule has 3 aliphatic heterocycles. The van der Waals surface area contributed by atoms with Gasteiger partial charge in [0.1, 0.15) is 28.4 Å². The highest BCUT2D eigenvalue weighted by molar-refractivity contribution is 6.01. The largest absolute Gasteiger partial charge is 0.494 e. The van der Waals surface area contributed by atoms with Crippen molar-refractivity contribution in [2.75, 3.05) is 38.7 Å². The molecule has 2 amide bonds. The molecule has 73 heavy (non-hydrogen) atoms. The first-order chi connectivity index (χ1) is 35.8. The molecule has 7 atom stereocenters. The summed E-state index contributed by atoms with van der Waals surface area (Å²) in [5.74, 6) is 7.23.